The van der Waals surface area contributed by atoms with Gasteiger partial charge in [-0.25, -0.2) is 4.98 Å². The SMILES string of the molecule is Cc1cc(C)c(-c2nc3cc(NC(=O)c4ccc(C)c(C(F)(F)F)c4)ccc3o2)c(C)c1. The monoisotopic (exact) mass is 438 g/mol. The normalized spacial score (nSPS) is 11.7. The lowest BCUT2D eigenvalue weighted by molar-refractivity contribution is -0.138. The molecule has 4 aromatic rings. The number of amides is 1. The smallest absolute Gasteiger partial charge is 0.416 e. The summed E-state index contributed by atoms with van der Waals surface area (Å²) in [6, 6.07) is 12.6. The number of nitrogens with one attached hydrogen (secondary N) is 1. The summed E-state index contributed by atoms with van der Waals surface area (Å²) in [6.07, 6.45) is -4.53. The van der Waals surface area contributed by atoms with Gasteiger partial charge in [-0.15, -0.1) is 0 Å². The first kappa shape index (κ1) is 21.6. The van der Waals surface area contributed by atoms with Crippen LogP contribution in [0.15, 0.2) is 52.9 Å². The van der Waals surface area contributed by atoms with Crippen LogP contribution in [0.5, 0.6) is 0 Å². The molecule has 1 amide bonds. The zero-order valence-electron chi connectivity index (χ0n) is 18.0. The highest BCUT2D eigenvalue weighted by atomic mass is 19.4. The molecule has 0 saturated carbocycles. The van der Waals surface area contributed by atoms with E-state index in [0.29, 0.717) is 22.7 Å². The van der Waals surface area contributed by atoms with Crippen molar-refractivity contribution in [3.63, 3.8) is 0 Å². The minimum atomic E-state index is -4.53. The van der Waals surface area contributed by atoms with Gasteiger partial charge >= 0.3 is 6.18 Å². The third-order valence-electron chi connectivity index (χ3n) is 5.34. The van der Waals surface area contributed by atoms with Crippen LogP contribution in [0.1, 0.15) is 38.2 Å². The maximum Gasteiger partial charge on any atom is 0.416 e. The largest absolute Gasteiger partial charge is 0.436 e. The number of nitrogens with zero attached hydrogens (tertiary/aromatic N) is 1. The number of carbonyl (C=O) groups is 1. The molecule has 0 fully saturated rings. The standard InChI is InChI=1S/C25H21F3N2O2/c1-13-9-15(3)22(16(4)10-13)24-30-20-12-18(7-8-21(20)32-24)29-23(31)17-6-5-14(2)19(11-17)25(26,27)28/h5-12H,1-4H3,(H,29,31). The predicted molar refractivity (Wildman–Crippen MR) is 118 cm³/mol. The van der Waals surface area contributed by atoms with E-state index in [-0.39, 0.29) is 11.1 Å². The first-order valence-corrected chi connectivity index (χ1v) is 10.0. The molecule has 3 aromatic carbocycles. The van der Waals surface area contributed by atoms with Gasteiger partial charge in [-0.1, -0.05) is 23.8 Å². The van der Waals surface area contributed by atoms with Crippen LogP contribution < -0.4 is 5.32 Å². The second-order valence-electron chi connectivity index (χ2n) is 7.96. The zero-order chi connectivity index (χ0) is 23.2. The van der Waals surface area contributed by atoms with Gasteiger partial charge in [0.05, 0.1) is 5.56 Å². The summed E-state index contributed by atoms with van der Waals surface area (Å²) in [6.45, 7) is 7.37. The predicted octanol–water partition coefficient (Wildman–Crippen LogP) is 7.00. The summed E-state index contributed by atoms with van der Waals surface area (Å²) >= 11 is 0. The second kappa shape index (κ2) is 7.82. The Balaban J connectivity index is 1.64. The lowest BCUT2D eigenvalue weighted by Crippen LogP contribution is -2.15. The molecule has 0 atom stereocenters. The molecule has 1 heterocycles. The highest BCUT2D eigenvalue weighted by molar-refractivity contribution is 6.05. The number of hydrogen-bond donors (Lipinski definition) is 1. The maximum atomic E-state index is 13.2. The van der Waals surface area contributed by atoms with E-state index in [1.165, 1.54) is 19.1 Å². The Hall–Kier alpha value is -3.61. The van der Waals surface area contributed by atoms with Crippen molar-refractivity contribution in [1.29, 1.82) is 0 Å². The highest BCUT2D eigenvalue weighted by Crippen LogP contribution is 2.33. The van der Waals surface area contributed by atoms with E-state index in [1.807, 2.05) is 20.8 Å². The molecular formula is C25H21F3N2O2. The molecule has 164 valence electrons. The van der Waals surface area contributed by atoms with Crippen LogP contribution in [-0.2, 0) is 6.18 Å². The molecule has 32 heavy (non-hydrogen) atoms. The first-order valence-electron chi connectivity index (χ1n) is 10.0. The van der Waals surface area contributed by atoms with E-state index in [1.54, 1.807) is 18.2 Å². The number of halogens is 3. The van der Waals surface area contributed by atoms with Gasteiger partial charge in [0.1, 0.15) is 5.52 Å². The van der Waals surface area contributed by atoms with Crippen LogP contribution in [0.2, 0.25) is 0 Å². The van der Waals surface area contributed by atoms with Crippen LogP contribution in [0.25, 0.3) is 22.6 Å². The van der Waals surface area contributed by atoms with Crippen LogP contribution in [0.4, 0.5) is 18.9 Å². The van der Waals surface area contributed by atoms with E-state index in [2.05, 4.69) is 22.4 Å². The van der Waals surface area contributed by atoms with E-state index in [9.17, 15) is 18.0 Å². The molecule has 0 aliphatic rings. The van der Waals surface area contributed by atoms with Crippen LogP contribution in [-0.4, -0.2) is 10.9 Å². The second-order valence-corrected chi connectivity index (χ2v) is 7.96. The average Bonchev–Trinajstić information content (AvgIpc) is 3.09. The number of oxazole rings is 1. The Morgan fingerprint density at radius 1 is 0.906 bits per heavy atom. The number of anilines is 1. The fourth-order valence-electron chi connectivity index (χ4n) is 3.90. The molecule has 4 nitrogen and oxygen atoms in total. The number of carbonyl (C=O) groups excluding carboxylic acids is 1. The van der Waals surface area contributed by atoms with Crippen molar-refractivity contribution in [2.45, 2.75) is 33.9 Å². The highest BCUT2D eigenvalue weighted by Gasteiger charge is 2.33. The molecule has 0 bridgehead atoms. The number of rotatable bonds is 3. The van der Waals surface area contributed by atoms with E-state index in [4.69, 9.17) is 4.42 Å². The van der Waals surface area contributed by atoms with Crippen molar-refractivity contribution in [3.05, 3.63) is 81.9 Å². The summed E-state index contributed by atoms with van der Waals surface area (Å²) in [5.74, 6) is -0.157. The molecular weight excluding hydrogens is 417 g/mol. The molecule has 0 aliphatic heterocycles. The van der Waals surface area contributed by atoms with Crippen LogP contribution in [0.3, 0.4) is 0 Å². The van der Waals surface area contributed by atoms with Crippen molar-refractivity contribution in [2.75, 3.05) is 5.32 Å². The summed E-state index contributed by atoms with van der Waals surface area (Å²) < 4.78 is 45.4. The number of fused-ring (bicyclic) bond motifs is 1. The molecule has 0 radical (unpaired) electrons. The summed E-state index contributed by atoms with van der Waals surface area (Å²) in [5.41, 5.74) is 4.81. The van der Waals surface area contributed by atoms with Gasteiger partial charge in [-0.05, 0) is 74.7 Å². The molecule has 1 aromatic heterocycles. The van der Waals surface area contributed by atoms with E-state index >= 15 is 0 Å². The van der Waals surface area contributed by atoms with Gasteiger partial charge in [0.25, 0.3) is 5.91 Å². The number of hydrogen-bond acceptors (Lipinski definition) is 3. The van der Waals surface area contributed by atoms with Gasteiger partial charge in [0.2, 0.25) is 5.89 Å². The fourth-order valence-corrected chi connectivity index (χ4v) is 3.90. The van der Waals surface area contributed by atoms with Gasteiger partial charge in [-0.2, -0.15) is 13.2 Å². The number of aryl methyl sites for hydroxylation is 4. The van der Waals surface area contributed by atoms with Crippen LogP contribution >= 0.6 is 0 Å². The Morgan fingerprint density at radius 3 is 2.25 bits per heavy atom. The van der Waals surface area contributed by atoms with Crippen molar-refractivity contribution in [1.82, 2.24) is 4.98 Å². The molecule has 0 saturated heterocycles. The maximum absolute atomic E-state index is 13.2. The average molecular weight is 438 g/mol. The third kappa shape index (κ3) is 4.10. The van der Waals surface area contributed by atoms with Crippen LogP contribution in [0, 0.1) is 27.7 Å². The summed E-state index contributed by atoms with van der Waals surface area (Å²) in [5, 5.41) is 2.64. The molecule has 4 rings (SSSR count). The third-order valence-corrected chi connectivity index (χ3v) is 5.34. The number of aromatic nitrogens is 1. The molecule has 7 heteroatoms. The number of benzene rings is 3. The fraction of sp³-hybridized carbons (Fsp3) is 0.200. The van der Waals surface area contributed by atoms with Crippen molar-refractivity contribution >= 4 is 22.7 Å². The van der Waals surface area contributed by atoms with E-state index < -0.39 is 17.6 Å². The summed E-state index contributed by atoms with van der Waals surface area (Å²) in [7, 11) is 0. The summed E-state index contributed by atoms with van der Waals surface area (Å²) in [4.78, 5) is 17.1. The molecule has 1 N–H and O–H groups in total. The van der Waals surface area contributed by atoms with Crippen molar-refractivity contribution < 1.29 is 22.4 Å². The Morgan fingerprint density at radius 2 is 1.59 bits per heavy atom. The minimum absolute atomic E-state index is 0.0623. The topological polar surface area (TPSA) is 55.1 Å². The Bertz CT molecular complexity index is 1330. The van der Waals surface area contributed by atoms with Gasteiger partial charge in [0, 0.05) is 16.8 Å². The van der Waals surface area contributed by atoms with Gasteiger partial charge in [-0.3, -0.25) is 4.79 Å². The molecule has 0 unspecified atom stereocenters. The molecule has 0 spiro atoms. The number of alkyl halides is 3. The first-order chi connectivity index (χ1) is 15.0. The molecule has 0 aliphatic carbocycles. The van der Waals surface area contributed by atoms with Crippen molar-refractivity contribution in [3.8, 4) is 11.5 Å². The minimum Gasteiger partial charge on any atom is -0.436 e. The van der Waals surface area contributed by atoms with Crippen molar-refractivity contribution in [2.24, 2.45) is 0 Å². The zero-order valence-corrected chi connectivity index (χ0v) is 18.0. The van der Waals surface area contributed by atoms with Gasteiger partial charge < -0.3 is 9.73 Å². The Kier molecular flexibility index (Phi) is 5.28. The van der Waals surface area contributed by atoms with E-state index in [0.717, 1.165) is 28.3 Å². The lowest BCUT2D eigenvalue weighted by Gasteiger charge is -2.12. The van der Waals surface area contributed by atoms with Gasteiger partial charge in [0.15, 0.2) is 5.58 Å². The Labute approximate surface area is 183 Å². The quantitative estimate of drug-likeness (QED) is 0.375. The lowest BCUT2D eigenvalue weighted by atomic mass is 10.00.